The van der Waals surface area contributed by atoms with Gasteiger partial charge in [-0.05, 0) is 44.0 Å². The van der Waals surface area contributed by atoms with E-state index in [1.165, 1.54) is 0 Å². The van der Waals surface area contributed by atoms with E-state index in [4.69, 9.17) is 9.47 Å². The summed E-state index contributed by atoms with van der Waals surface area (Å²) in [7, 11) is 0. The summed E-state index contributed by atoms with van der Waals surface area (Å²) >= 11 is 3.32. The van der Waals surface area contributed by atoms with Crippen molar-refractivity contribution in [1.82, 2.24) is 0 Å². The van der Waals surface area contributed by atoms with Crippen LogP contribution >= 0.6 is 15.9 Å². The largest absolute Gasteiger partial charge is 0.493 e. The molecule has 4 nitrogen and oxygen atoms in total. The van der Waals surface area contributed by atoms with Gasteiger partial charge in [0, 0.05) is 17.6 Å². The second-order valence-electron chi connectivity index (χ2n) is 5.35. The summed E-state index contributed by atoms with van der Waals surface area (Å²) in [6.07, 6.45) is 2.49. The van der Waals surface area contributed by atoms with Gasteiger partial charge in [-0.3, -0.25) is 4.79 Å². The monoisotopic (exact) mass is 371 g/mol. The molecule has 1 aromatic carbocycles. The molecule has 1 rings (SSSR count). The van der Waals surface area contributed by atoms with Crippen LogP contribution in [0.1, 0.15) is 40.0 Å². The third-order valence-corrected chi connectivity index (χ3v) is 3.61. The second kappa shape index (κ2) is 9.85. The van der Waals surface area contributed by atoms with Gasteiger partial charge in [-0.15, -0.1) is 0 Å². The van der Waals surface area contributed by atoms with Crippen molar-refractivity contribution in [1.29, 1.82) is 0 Å². The molecule has 0 radical (unpaired) electrons. The average Bonchev–Trinajstić information content (AvgIpc) is 2.52. The van der Waals surface area contributed by atoms with E-state index in [9.17, 15) is 4.79 Å². The molecule has 0 aromatic heterocycles. The molecule has 1 aromatic rings. The first-order valence-electron chi connectivity index (χ1n) is 7.80. The van der Waals surface area contributed by atoms with Crippen LogP contribution in [0.15, 0.2) is 24.3 Å². The Morgan fingerprint density at radius 3 is 2.41 bits per heavy atom. The fourth-order valence-electron chi connectivity index (χ4n) is 2.11. The number of hydrogen-bond donors (Lipinski definition) is 1. The fraction of sp³-hybridized carbons (Fsp3) is 0.588. The summed E-state index contributed by atoms with van der Waals surface area (Å²) in [5.41, 5.74) is -0.0331. The predicted molar refractivity (Wildman–Crippen MR) is 93.9 cm³/mol. The molecule has 0 saturated heterocycles. The lowest BCUT2D eigenvalue weighted by Crippen LogP contribution is -2.43. The number of alkyl halides is 1. The number of rotatable bonds is 10. The van der Waals surface area contributed by atoms with Gasteiger partial charge in [-0.25, -0.2) is 0 Å². The quantitative estimate of drug-likeness (QED) is 0.620. The second-order valence-corrected chi connectivity index (χ2v) is 6.14. The lowest BCUT2D eigenvalue weighted by atomic mass is 9.99. The average molecular weight is 372 g/mol. The third kappa shape index (κ3) is 5.97. The van der Waals surface area contributed by atoms with Gasteiger partial charge in [0.05, 0.1) is 6.61 Å². The van der Waals surface area contributed by atoms with Gasteiger partial charge in [0.2, 0.25) is 0 Å². The maximum atomic E-state index is 12.5. The molecular formula is C17H26BrNO3. The number of hydrogen-bond acceptors (Lipinski definition) is 3. The van der Waals surface area contributed by atoms with Gasteiger partial charge in [-0.1, -0.05) is 36.2 Å². The van der Waals surface area contributed by atoms with Crippen molar-refractivity contribution in [2.75, 3.05) is 23.9 Å². The van der Waals surface area contributed by atoms with Gasteiger partial charge in [-0.2, -0.15) is 0 Å². The molecule has 0 heterocycles. The zero-order valence-corrected chi connectivity index (χ0v) is 15.2. The van der Waals surface area contributed by atoms with Crippen molar-refractivity contribution in [3.63, 3.8) is 0 Å². The minimum atomic E-state index is -0.782. The van der Waals surface area contributed by atoms with Crippen LogP contribution in [0.2, 0.25) is 0 Å². The summed E-state index contributed by atoms with van der Waals surface area (Å²) in [6, 6.07) is 7.38. The van der Waals surface area contributed by atoms with E-state index < -0.39 is 5.60 Å². The standard InChI is InChI=1S/C17H26BrNO3/c1-4-10-17(3,22-12-5-2)16(20)19-14-6-8-15(9-7-14)21-13-11-18/h6-9H,4-5,10-13H2,1-3H3,(H,19,20)/t17-/m0/s1. The van der Waals surface area contributed by atoms with Gasteiger partial charge < -0.3 is 14.8 Å². The molecule has 22 heavy (non-hydrogen) atoms. The summed E-state index contributed by atoms with van der Waals surface area (Å²) in [6.45, 7) is 7.15. The van der Waals surface area contributed by atoms with Crippen molar-refractivity contribution in [3.8, 4) is 5.75 Å². The highest BCUT2D eigenvalue weighted by Crippen LogP contribution is 2.22. The van der Waals surface area contributed by atoms with Crippen LogP contribution in [0, 0.1) is 0 Å². The minimum Gasteiger partial charge on any atom is -0.493 e. The highest BCUT2D eigenvalue weighted by Gasteiger charge is 2.33. The van der Waals surface area contributed by atoms with Crippen LogP contribution in [0.25, 0.3) is 0 Å². The van der Waals surface area contributed by atoms with Crippen LogP contribution in [-0.2, 0) is 9.53 Å². The number of benzene rings is 1. The van der Waals surface area contributed by atoms with Crippen molar-refractivity contribution in [3.05, 3.63) is 24.3 Å². The van der Waals surface area contributed by atoms with E-state index in [0.29, 0.717) is 19.6 Å². The lowest BCUT2D eigenvalue weighted by molar-refractivity contribution is -0.140. The summed E-state index contributed by atoms with van der Waals surface area (Å²) in [5.74, 6) is 0.688. The van der Waals surface area contributed by atoms with E-state index in [1.54, 1.807) is 0 Å². The van der Waals surface area contributed by atoms with Crippen LogP contribution in [0.3, 0.4) is 0 Å². The van der Waals surface area contributed by atoms with Crippen molar-refractivity contribution >= 4 is 27.5 Å². The van der Waals surface area contributed by atoms with Gasteiger partial charge >= 0.3 is 0 Å². The maximum absolute atomic E-state index is 12.5. The normalized spacial score (nSPS) is 13.5. The third-order valence-electron chi connectivity index (χ3n) is 3.29. The first-order valence-corrected chi connectivity index (χ1v) is 8.92. The molecule has 0 aliphatic heterocycles. The summed E-state index contributed by atoms with van der Waals surface area (Å²) < 4.78 is 11.3. The molecule has 0 fully saturated rings. The molecule has 5 heteroatoms. The molecule has 1 N–H and O–H groups in total. The number of halogens is 1. The van der Waals surface area contributed by atoms with E-state index in [1.807, 2.05) is 38.1 Å². The van der Waals surface area contributed by atoms with Gasteiger partial charge in [0.25, 0.3) is 5.91 Å². The Hall–Kier alpha value is -1.07. The van der Waals surface area contributed by atoms with E-state index in [2.05, 4.69) is 28.2 Å². The molecule has 0 saturated carbocycles. The van der Waals surface area contributed by atoms with E-state index >= 15 is 0 Å². The number of anilines is 1. The predicted octanol–water partition coefficient (Wildman–Crippen LogP) is 4.38. The molecule has 0 bridgehead atoms. The molecule has 0 unspecified atom stereocenters. The van der Waals surface area contributed by atoms with E-state index in [0.717, 1.165) is 29.6 Å². The number of carbonyl (C=O) groups excluding carboxylic acids is 1. The number of ether oxygens (including phenoxy) is 2. The van der Waals surface area contributed by atoms with Crippen molar-refractivity contribution in [2.24, 2.45) is 0 Å². The van der Waals surface area contributed by atoms with Crippen LogP contribution in [0.4, 0.5) is 5.69 Å². The topological polar surface area (TPSA) is 47.6 Å². The molecule has 1 atom stereocenters. The number of amides is 1. The van der Waals surface area contributed by atoms with Crippen LogP contribution in [-0.4, -0.2) is 30.1 Å². The summed E-state index contributed by atoms with van der Waals surface area (Å²) in [5, 5.41) is 3.72. The molecular weight excluding hydrogens is 346 g/mol. The van der Waals surface area contributed by atoms with E-state index in [-0.39, 0.29) is 5.91 Å². The number of carbonyl (C=O) groups is 1. The lowest BCUT2D eigenvalue weighted by Gasteiger charge is -2.28. The Labute approximate surface area is 141 Å². The number of nitrogens with one attached hydrogen (secondary N) is 1. The summed E-state index contributed by atoms with van der Waals surface area (Å²) in [4.78, 5) is 12.5. The molecule has 0 aliphatic carbocycles. The molecule has 1 amide bonds. The van der Waals surface area contributed by atoms with Crippen LogP contribution in [0.5, 0.6) is 5.75 Å². The SMILES string of the molecule is CCCO[C@@](C)(CCC)C(=O)Nc1ccc(OCCBr)cc1. The van der Waals surface area contributed by atoms with Crippen molar-refractivity contribution < 1.29 is 14.3 Å². The minimum absolute atomic E-state index is 0.100. The Morgan fingerprint density at radius 1 is 1.18 bits per heavy atom. The highest BCUT2D eigenvalue weighted by molar-refractivity contribution is 9.09. The Morgan fingerprint density at radius 2 is 1.86 bits per heavy atom. The Balaban J connectivity index is 2.68. The van der Waals surface area contributed by atoms with Gasteiger partial charge in [0.1, 0.15) is 11.4 Å². The maximum Gasteiger partial charge on any atom is 0.256 e. The first kappa shape index (κ1) is 19.0. The zero-order valence-electron chi connectivity index (χ0n) is 13.7. The van der Waals surface area contributed by atoms with Gasteiger partial charge in [0.15, 0.2) is 0 Å². The first-order chi connectivity index (χ1) is 10.6. The molecule has 0 spiro atoms. The molecule has 0 aliphatic rings. The Bertz CT molecular complexity index is 450. The van der Waals surface area contributed by atoms with Crippen molar-refractivity contribution in [2.45, 2.75) is 45.6 Å². The zero-order chi connectivity index (χ0) is 16.4. The highest BCUT2D eigenvalue weighted by atomic mass is 79.9. The van der Waals surface area contributed by atoms with Crippen LogP contribution < -0.4 is 10.1 Å². The molecule has 124 valence electrons. The Kier molecular flexibility index (Phi) is 8.49. The smallest absolute Gasteiger partial charge is 0.256 e. The fourth-order valence-corrected chi connectivity index (χ4v) is 2.27.